The summed E-state index contributed by atoms with van der Waals surface area (Å²) in [6, 6.07) is 17.5. The predicted octanol–water partition coefficient (Wildman–Crippen LogP) is 9.55. The van der Waals surface area contributed by atoms with Crippen molar-refractivity contribution in [3.05, 3.63) is 60.4 Å². The largest absolute Gasteiger partial charge is 0.484 e. The number of nitrogens with one attached hydrogen (secondary N) is 1. The van der Waals surface area contributed by atoms with Crippen LogP contribution in [0.1, 0.15) is 128 Å². The average Bonchev–Trinajstić information content (AvgIpc) is 3.35. The molecule has 0 saturated carbocycles. The van der Waals surface area contributed by atoms with Crippen LogP contribution in [0.4, 0.5) is 0 Å². The van der Waals surface area contributed by atoms with Crippen molar-refractivity contribution < 1.29 is 9.53 Å². The quantitative estimate of drug-likeness (QED) is 0.127. The number of hydrogen-bond acceptors (Lipinski definition) is 3. The molecule has 40 heavy (non-hydrogen) atoms. The Morgan fingerprint density at radius 3 is 1.88 bits per heavy atom. The van der Waals surface area contributed by atoms with Gasteiger partial charge in [-0.25, -0.2) is 4.98 Å². The first-order chi connectivity index (χ1) is 19.7. The van der Waals surface area contributed by atoms with Crippen LogP contribution >= 0.6 is 0 Å². The minimum Gasteiger partial charge on any atom is -0.484 e. The van der Waals surface area contributed by atoms with Gasteiger partial charge in [-0.15, -0.1) is 0 Å². The molecule has 3 aromatic rings. The van der Waals surface area contributed by atoms with Gasteiger partial charge in [0.2, 0.25) is 0 Å². The van der Waals surface area contributed by atoms with Crippen molar-refractivity contribution in [2.24, 2.45) is 0 Å². The number of amides is 1. The molecule has 3 rings (SSSR count). The average molecular weight is 548 g/mol. The van der Waals surface area contributed by atoms with Gasteiger partial charge in [0.25, 0.3) is 5.91 Å². The molecule has 5 heteroatoms. The monoisotopic (exact) mass is 547 g/mol. The number of fused-ring (bicyclic) bond motifs is 1. The molecule has 220 valence electrons. The number of aryl methyl sites for hydroxylation is 1. The van der Waals surface area contributed by atoms with Crippen molar-refractivity contribution in [2.75, 3.05) is 6.61 Å². The van der Waals surface area contributed by atoms with E-state index in [9.17, 15) is 4.79 Å². The zero-order valence-electron chi connectivity index (χ0n) is 25.2. The molecule has 2 aromatic carbocycles. The van der Waals surface area contributed by atoms with Crippen LogP contribution in [0.15, 0.2) is 54.6 Å². The lowest BCUT2D eigenvalue weighted by atomic mass is 10.0. The van der Waals surface area contributed by atoms with Crippen LogP contribution in [-0.2, 0) is 11.3 Å². The Hall–Kier alpha value is -2.82. The molecule has 0 aliphatic rings. The summed E-state index contributed by atoms with van der Waals surface area (Å²) in [4.78, 5) is 17.5. The third-order valence-electron chi connectivity index (χ3n) is 7.80. The van der Waals surface area contributed by atoms with Crippen molar-refractivity contribution in [1.29, 1.82) is 0 Å². The van der Waals surface area contributed by atoms with Crippen molar-refractivity contribution in [3.8, 4) is 5.75 Å². The Morgan fingerprint density at radius 2 is 1.27 bits per heavy atom. The Labute approximate surface area is 243 Å². The molecule has 0 spiro atoms. The van der Waals surface area contributed by atoms with E-state index in [-0.39, 0.29) is 18.6 Å². The van der Waals surface area contributed by atoms with Crippen LogP contribution in [0.2, 0.25) is 0 Å². The summed E-state index contributed by atoms with van der Waals surface area (Å²) >= 11 is 0. The molecule has 1 heterocycles. The fourth-order valence-electron chi connectivity index (χ4n) is 5.49. The summed E-state index contributed by atoms with van der Waals surface area (Å²) in [7, 11) is 0. The molecule has 0 bridgehead atoms. The lowest BCUT2D eigenvalue weighted by molar-refractivity contribution is -0.123. The van der Waals surface area contributed by atoms with E-state index in [1.165, 1.54) is 96.3 Å². The van der Waals surface area contributed by atoms with Crippen molar-refractivity contribution in [1.82, 2.24) is 14.9 Å². The molecule has 0 fully saturated rings. The number of hydrogen-bond donors (Lipinski definition) is 1. The molecule has 1 aromatic heterocycles. The summed E-state index contributed by atoms with van der Waals surface area (Å²) in [5, 5.41) is 3.08. The van der Waals surface area contributed by atoms with E-state index in [1.807, 2.05) is 43.3 Å². The second kappa shape index (κ2) is 19.3. The topological polar surface area (TPSA) is 56.2 Å². The maximum atomic E-state index is 12.6. The standard InChI is InChI=1S/C35H53N3O2/c1-3-4-5-6-7-8-9-10-11-12-13-14-15-16-17-23-28-38-33-27-22-21-26-32(33)37-35(38)30(2)36-34(39)29-40-31-24-19-18-20-25-31/h18-22,24-27,30H,3-17,23,28-29H2,1-2H3,(H,36,39). The zero-order valence-corrected chi connectivity index (χ0v) is 25.2. The Balaban J connectivity index is 1.31. The minimum absolute atomic E-state index is 0.00624. The van der Waals surface area contributed by atoms with E-state index in [1.54, 1.807) is 0 Å². The van der Waals surface area contributed by atoms with E-state index >= 15 is 0 Å². The second-order valence-corrected chi connectivity index (χ2v) is 11.3. The lowest BCUT2D eigenvalue weighted by Crippen LogP contribution is -2.32. The molecule has 5 nitrogen and oxygen atoms in total. The Bertz CT molecular complexity index is 1080. The molecule has 1 unspecified atom stereocenters. The molecule has 1 atom stereocenters. The highest BCUT2D eigenvalue weighted by Crippen LogP contribution is 2.22. The van der Waals surface area contributed by atoms with Gasteiger partial charge >= 0.3 is 0 Å². The molecular formula is C35H53N3O2. The lowest BCUT2D eigenvalue weighted by Gasteiger charge is -2.17. The number of rotatable bonds is 22. The number of para-hydroxylation sites is 3. The number of carbonyl (C=O) groups is 1. The third kappa shape index (κ3) is 11.7. The van der Waals surface area contributed by atoms with Crippen LogP contribution < -0.4 is 10.1 Å². The van der Waals surface area contributed by atoms with Gasteiger partial charge in [0, 0.05) is 6.54 Å². The van der Waals surface area contributed by atoms with Crippen molar-refractivity contribution >= 4 is 16.9 Å². The van der Waals surface area contributed by atoms with Crippen LogP contribution in [0.3, 0.4) is 0 Å². The van der Waals surface area contributed by atoms with Crippen molar-refractivity contribution in [2.45, 2.75) is 129 Å². The first-order valence-electron chi connectivity index (χ1n) is 16.1. The summed E-state index contributed by atoms with van der Waals surface area (Å²) in [6.45, 7) is 5.21. The highest BCUT2D eigenvalue weighted by Gasteiger charge is 2.18. The SMILES string of the molecule is CCCCCCCCCCCCCCCCCCn1c(C(C)NC(=O)COc2ccccc2)nc2ccccc21. The minimum atomic E-state index is -0.194. The van der Waals surface area contributed by atoms with Crippen LogP contribution in [-0.4, -0.2) is 22.1 Å². The Morgan fingerprint density at radius 1 is 0.750 bits per heavy atom. The molecule has 0 radical (unpaired) electrons. The summed E-state index contributed by atoms with van der Waals surface area (Å²) < 4.78 is 7.91. The summed E-state index contributed by atoms with van der Waals surface area (Å²) in [6.07, 6.45) is 21.9. The Kier molecular flexibility index (Phi) is 15.3. The number of ether oxygens (including phenoxy) is 1. The van der Waals surface area contributed by atoms with Crippen LogP contribution in [0.5, 0.6) is 5.75 Å². The number of aromatic nitrogens is 2. The normalized spacial score (nSPS) is 12.1. The first-order valence-corrected chi connectivity index (χ1v) is 16.1. The summed E-state index contributed by atoms with van der Waals surface area (Å²) in [5.41, 5.74) is 2.12. The molecule has 0 aliphatic heterocycles. The van der Waals surface area contributed by atoms with E-state index in [2.05, 4.69) is 35.0 Å². The van der Waals surface area contributed by atoms with E-state index < -0.39 is 0 Å². The number of nitrogens with zero attached hydrogens (tertiary/aromatic N) is 2. The molecule has 1 N–H and O–H groups in total. The molecule has 0 saturated heterocycles. The number of benzene rings is 2. The van der Waals surface area contributed by atoms with Gasteiger partial charge < -0.3 is 14.6 Å². The highest BCUT2D eigenvalue weighted by molar-refractivity contribution is 5.79. The third-order valence-corrected chi connectivity index (χ3v) is 7.80. The van der Waals surface area contributed by atoms with Gasteiger partial charge in [0.05, 0.1) is 17.1 Å². The maximum Gasteiger partial charge on any atom is 0.258 e. The maximum absolute atomic E-state index is 12.6. The molecular weight excluding hydrogens is 494 g/mol. The van der Waals surface area contributed by atoms with Crippen LogP contribution in [0.25, 0.3) is 11.0 Å². The van der Waals surface area contributed by atoms with Gasteiger partial charge in [-0.2, -0.15) is 0 Å². The van der Waals surface area contributed by atoms with Crippen LogP contribution in [0, 0.1) is 0 Å². The van der Waals surface area contributed by atoms with Gasteiger partial charge in [-0.1, -0.05) is 134 Å². The van der Waals surface area contributed by atoms with Gasteiger partial charge in [-0.05, 0) is 37.6 Å². The van der Waals surface area contributed by atoms with E-state index in [0.717, 1.165) is 29.8 Å². The number of unbranched alkanes of at least 4 members (excludes halogenated alkanes) is 15. The predicted molar refractivity (Wildman–Crippen MR) is 168 cm³/mol. The zero-order chi connectivity index (χ0) is 28.3. The fourth-order valence-corrected chi connectivity index (χ4v) is 5.49. The fraction of sp³-hybridized carbons (Fsp3) is 0.600. The van der Waals surface area contributed by atoms with Crippen molar-refractivity contribution in [3.63, 3.8) is 0 Å². The molecule has 0 aliphatic carbocycles. The first kappa shape index (κ1) is 31.7. The number of imidazole rings is 1. The highest BCUT2D eigenvalue weighted by atomic mass is 16.5. The van der Waals surface area contributed by atoms with Gasteiger partial charge in [0.1, 0.15) is 11.6 Å². The second-order valence-electron chi connectivity index (χ2n) is 11.3. The summed E-state index contributed by atoms with van der Waals surface area (Å²) in [5.74, 6) is 1.47. The smallest absolute Gasteiger partial charge is 0.258 e. The van der Waals surface area contributed by atoms with Gasteiger partial charge in [0.15, 0.2) is 6.61 Å². The van der Waals surface area contributed by atoms with E-state index in [4.69, 9.17) is 9.72 Å². The van der Waals surface area contributed by atoms with Gasteiger partial charge in [-0.3, -0.25) is 4.79 Å². The van der Waals surface area contributed by atoms with E-state index in [0.29, 0.717) is 5.75 Å². The molecule has 1 amide bonds. The number of carbonyl (C=O) groups excluding carboxylic acids is 1.